The van der Waals surface area contributed by atoms with Crippen LogP contribution in [-0.2, 0) is 14.8 Å². The fourth-order valence-electron chi connectivity index (χ4n) is 6.18. The standard InChI is InChI=1S/C34H36Cl2N2O3S/c1-4-10-30-23(3)32(26-11-9-12-28(36)21-26)33(25-17-19-27(35)20-18-25)38(34(30)39)31(24-15-16-24)22-37(42(40,41)5-2)29-13-7-6-8-14-29/h4,6-9,11-14,17-21,24,31-33H,1,5,10,15-16,22H2,2-3H3/t31?,32-,33-/m1/s1. The first kappa shape index (κ1) is 30.4. The molecule has 0 saturated heterocycles. The average Bonchev–Trinajstić information content (AvgIpc) is 3.82. The third-order valence-electron chi connectivity index (χ3n) is 8.44. The fraction of sp³-hybridized carbons (Fsp3) is 0.324. The number of hydrogen-bond acceptors (Lipinski definition) is 3. The Bertz CT molecular complexity index is 1580. The Morgan fingerprint density at radius 1 is 0.976 bits per heavy atom. The minimum atomic E-state index is -3.63. The lowest BCUT2D eigenvalue weighted by Gasteiger charge is -2.48. The molecule has 3 aromatic carbocycles. The van der Waals surface area contributed by atoms with Crippen LogP contribution < -0.4 is 4.31 Å². The van der Waals surface area contributed by atoms with Crippen LogP contribution in [0.2, 0.25) is 10.0 Å². The molecule has 1 amide bonds. The highest BCUT2D eigenvalue weighted by Gasteiger charge is 2.49. The van der Waals surface area contributed by atoms with Gasteiger partial charge in [-0.2, -0.15) is 0 Å². The third kappa shape index (κ3) is 6.17. The number of para-hydroxylation sites is 1. The summed E-state index contributed by atoms with van der Waals surface area (Å²) < 4.78 is 28.6. The zero-order chi connectivity index (χ0) is 30.0. The summed E-state index contributed by atoms with van der Waals surface area (Å²) >= 11 is 12.8. The molecule has 3 atom stereocenters. The summed E-state index contributed by atoms with van der Waals surface area (Å²) in [5.41, 5.74) is 4.19. The molecule has 42 heavy (non-hydrogen) atoms. The van der Waals surface area contributed by atoms with Gasteiger partial charge < -0.3 is 4.90 Å². The number of sulfonamides is 1. The lowest BCUT2D eigenvalue weighted by molar-refractivity contribution is -0.134. The summed E-state index contributed by atoms with van der Waals surface area (Å²) in [6.07, 6.45) is 4.03. The second-order valence-electron chi connectivity index (χ2n) is 11.1. The van der Waals surface area contributed by atoms with Crippen molar-refractivity contribution in [3.63, 3.8) is 0 Å². The Balaban J connectivity index is 1.72. The number of nitrogens with zero attached hydrogens (tertiary/aromatic N) is 2. The van der Waals surface area contributed by atoms with Gasteiger partial charge in [-0.25, -0.2) is 8.42 Å². The van der Waals surface area contributed by atoms with E-state index in [1.54, 1.807) is 13.0 Å². The summed E-state index contributed by atoms with van der Waals surface area (Å²) in [5, 5.41) is 1.22. The molecule has 5 nitrogen and oxygen atoms in total. The highest BCUT2D eigenvalue weighted by Crippen LogP contribution is 2.51. The SMILES string of the molecule is C=CCC1=C(C)[C@H](c2cccc(Cl)c2)[C@@H](c2ccc(Cl)cc2)N(C(CN(c2ccccc2)S(=O)(=O)CC)C2CC2)C1=O. The molecule has 8 heteroatoms. The first-order valence-electron chi connectivity index (χ1n) is 14.4. The van der Waals surface area contributed by atoms with Crippen LogP contribution in [0.25, 0.3) is 0 Å². The molecule has 1 aliphatic carbocycles. The predicted molar refractivity (Wildman–Crippen MR) is 173 cm³/mol. The molecule has 1 aliphatic heterocycles. The Kier molecular flexibility index (Phi) is 9.17. The molecule has 1 unspecified atom stereocenters. The number of carbonyl (C=O) groups excluding carboxylic acids is 1. The van der Waals surface area contributed by atoms with Gasteiger partial charge in [0.1, 0.15) is 0 Å². The lowest BCUT2D eigenvalue weighted by Crippen LogP contribution is -2.54. The number of allylic oxidation sites excluding steroid dienone is 1. The fourth-order valence-corrected chi connectivity index (χ4v) is 7.63. The predicted octanol–water partition coefficient (Wildman–Crippen LogP) is 8.19. The highest BCUT2D eigenvalue weighted by molar-refractivity contribution is 7.92. The Hall–Kier alpha value is -3.06. The van der Waals surface area contributed by atoms with E-state index < -0.39 is 16.1 Å². The van der Waals surface area contributed by atoms with Gasteiger partial charge in [0.25, 0.3) is 5.91 Å². The van der Waals surface area contributed by atoms with Gasteiger partial charge in [-0.15, -0.1) is 6.58 Å². The molecule has 5 rings (SSSR count). The van der Waals surface area contributed by atoms with E-state index >= 15 is 0 Å². The van der Waals surface area contributed by atoms with Crippen LogP contribution in [-0.4, -0.2) is 37.6 Å². The van der Waals surface area contributed by atoms with Gasteiger partial charge in [-0.05, 0) is 86.6 Å². The van der Waals surface area contributed by atoms with Crippen molar-refractivity contribution < 1.29 is 13.2 Å². The van der Waals surface area contributed by atoms with E-state index in [0.717, 1.165) is 29.5 Å². The molecule has 0 spiro atoms. The highest BCUT2D eigenvalue weighted by atomic mass is 35.5. The molecule has 1 heterocycles. The number of rotatable bonds is 11. The Labute approximate surface area is 259 Å². The third-order valence-corrected chi connectivity index (χ3v) is 10.7. The second kappa shape index (κ2) is 12.7. The summed E-state index contributed by atoms with van der Waals surface area (Å²) in [6, 6.07) is 23.8. The lowest BCUT2D eigenvalue weighted by atomic mass is 9.75. The van der Waals surface area contributed by atoms with E-state index in [1.807, 2.05) is 90.7 Å². The maximum Gasteiger partial charge on any atom is 0.250 e. The first-order chi connectivity index (χ1) is 20.2. The van der Waals surface area contributed by atoms with Crippen LogP contribution in [0.15, 0.2) is 103 Å². The van der Waals surface area contributed by atoms with Gasteiger partial charge in [0, 0.05) is 21.5 Å². The van der Waals surface area contributed by atoms with Crippen molar-refractivity contribution in [3.8, 4) is 0 Å². The quantitative estimate of drug-likeness (QED) is 0.203. The van der Waals surface area contributed by atoms with Crippen molar-refractivity contribution in [2.45, 2.75) is 51.1 Å². The number of carbonyl (C=O) groups is 1. The molecule has 0 radical (unpaired) electrons. The normalized spacial score (nSPS) is 20.0. The van der Waals surface area contributed by atoms with E-state index in [1.165, 1.54) is 4.31 Å². The molecule has 0 N–H and O–H groups in total. The van der Waals surface area contributed by atoms with Gasteiger partial charge in [-0.1, -0.05) is 77.3 Å². The molecule has 0 aromatic heterocycles. The number of anilines is 1. The van der Waals surface area contributed by atoms with Gasteiger partial charge >= 0.3 is 0 Å². The van der Waals surface area contributed by atoms with Crippen molar-refractivity contribution in [3.05, 3.63) is 124 Å². The van der Waals surface area contributed by atoms with Crippen LogP contribution in [0, 0.1) is 5.92 Å². The van der Waals surface area contributed by atoms with E-state index in [-0.39, 0.29) is 36.1 Å². The molecule has 1 saturated carbocycles. The van der Waals surface area contributed by atoms with Gasteiger partial charge in [0.15, 0.2) is 0 Å². The maximum atomic E-state index is 14.6. The molecule has 3 aromatic rings. The van der Waals surface area contributed by atoms with Crippen LogP contribution >= 0.6 is 23.2 Å². The smallest absolute Gasteiger partial charge is 0.250 e. The average molecular weight is 624 g/mol. The molecular formula is C34H36Cl2N2O3S. The van der Waals surface area contributed by atoms with Crippen molar-refractivity contribution in [2.24, 2.45) is 5.92 Å². The first-order valence-corrected chi connectivity index (χ1v) is 16.7. The molecule has 220 valence electrons. The van der Waals surface area contributed by atoms with E-state index in [9.17, 15) is 13.2 Å². The van der Waals surface area contributed by atoms with Crippen molar-refractivity contribution in [1.29, 1.82) is 0 Å². The number of halogens is 2. The summed E-state index contributed by atoms with van der Waals surface area (Å²) in [4.78, 5) is 16.6. The largest absolute Gasteiger partial charge is 0.326 e. The minimum Gasteiger partial charge on any atom is -0.326 e. The Morgan fingerprint density at radius 2 is 1.67 bits per heavy atom. The zero-order valence-corrected chi connectivity index (χ0v) is 26.2. The van der Waals surface area contributed by atoms with Crippen LogP contribution in [0.5, 0.6) is 0 Å². The topological polar surface area (TPSA) is 57.7 Å². The van der Waals surface area contributed by atoms with E-state index in [4.69, 9.17) is 23.2 Å². The molecule has 1 fully saturated rings. The number of amides is 1. The Morgan fingerprint density at radius 3 is 2.26 bits per heavy atom. The monoisotopic (exact) mass is 622 g/mol. The van der Waals surface area contributed by atoms with Crippen molar-refractivity contribution in [2.75, 3.05) is 16.6 Å². The van der Waals surface area contributed by atoms with Gasteiger partial charge in [-0.3, -0.25) is 9.10 Å². The van der Waals surface area contributed by atoms with Gasteiger partial charge in [0.05, 0.1) is 30.1 Å². The molecular weight excluding hydrogens is 587 g/mol. The van der Waals surface area contributed by atoms with Crippen LogP contribution in [0.4, 0.5) is 5.69 Å². The van der Waals surface area contributed by atoms with Crippen LogP contribution in [0.3, 0.4) is 0 Å². The van der Waals surface area contributed by atoms with Gasteiger partial charge in [0.2, 0.25) is 10.0 Å². The summed E-state index contributed by atoms with van der Waals surface area (Å²) in [5.74, 6) is -0.152. The van der Waals surface area contributed by atoms with Crippen LogP contribution in [0.1, 0.15) is 56.2 Å². The second-order valence-corrected chi connectivity index (χ2v) is 14.1. The molecule has 2 aliphatic rings. The molecule has 0 bridgehead atoms. The van der Waals surface area contributed by atoms with E-state index in [2.05, 4.69) is 6.58 Å². The maximum absolute atomic E-state index is 14.6. The number of benzene rings is 3. The zero-order valence-electron chi connectivity index (χ0n) is 23.9. The summed E-state index contributed by atoms with van der Waals surface area (Å²) in [6.45, 7) is 7.79. The van der Waals surface area contributed by atoms with Crippen molar-refractivity contribution >= 4 is 44.8 Å². The minimum absolute atomic E-state index is 0.0420. The number of hydrogen-bond donors (Lipinski definition) is 0. The van der Waals surface area contributed by atoms with Crippen molar-refractivity contribution in [1.82, 2.24) is 4.90 Å². The van der Waals surface area contributed by atoms with E-state index in [0.29, 0.717) is 27.7 Å². The summed E-state index contributed by atoms with van der Waals surface area (Å²) in [7, 11) is -3.63.